The van der Waals surface area contributed by atoms with Gasteiger partial charge in [0.2, 0.25) is 0 Å². The molecule has 0 aliphatic heterocycles. The van der Waals surface area contributed by atoms with Gasteiger partial charge in [-0.3, -0.25) is 14.4 Å². The Balaban J connectivity index is 1.94. The molecule has 0 aliphatic carbocycles. The summed E-state index contributed by atoms with van der Waals surface area (Å²) in [6, 6.07) is 5.49. The molecule has 10 nitrogen and oxygen atoms in total. The molecule has 3 aromatic rings. The van der Waals surface area contributed by atoms with E-state index in [1.807, 2.05) is 13.8 Å². The molecule has 5 N–H and O–H groups in total. The Labute approximate surface area is 195 Å². The van der Waals surface area contributed by atoms with E-state index >= 15 is 0 Å². The third kappa shape index (κ3) is 4.70. The zero-order chi connectivity index (χ0) is 25.0. The number of H-pyrrole nitrogens is 2. The number of hydrogen-bond acceptors (Lipinski definition) is 5. The summed E-state index contributed by atoms with van der Waals surface area (Å²) in [6.45, 7) is 5.77. The summed E-state index contributed by atoms with van der Waals surface area (Å²) in [5.41, 5.74) is 1.75. The zero-order valence-corrected chi connectivity index (χ0v) is 19.3. The highest BCUT2D eigenvalue weighted by atomic mass is 16.4. The van der Waals surface area contributed by atoms with Crippen molar-refractivity contribution in [2.75, 3.05) is 0 Å². The van der Waals surface area contributed by atoms with E-state index in [2.05, 4.69) is 20.3 Å². The van der Waals surface area contributed by atoms with E-state index in [-0.39, 0.29) is 24.0 Å². The predicted molar refractivity (Wildman–Crippen MR) is 125 cm³/mol. The van der Waals surface area contributed by atoms with E-state index in [1.165, 1.54) is 0 Å². The van der Waals surface area contributed by atoms with Crippen LogP contribution in [0, 0.1) is 6.92 Å². The number of amides is 1. The number of benzene rings is 1. The lowest BCUT2D eigenvalue weighted by Gasteiger charge is -2.32. The Morgan fingerprint density at radius 3 is 2.32 bits per heavy atom. The van der Waals surface area contributed by atoms with Gasteiger partial charge in [0.05, 0.1) is 5.39 Å². The van der Waals surface area contributed by atoms with Crippen LogP contribution in [0.5, 0.6) is 0 Å². The number of aromatic amines is 2. The van der Waals surface area contributed by atoms with Gasteiger partial charge in [0, 0.05) is 23.6 Å². The van der Waals surface area contributed by atoms with E-state index in [1.54, 1.807) is 37.4 Å². The molecule has 180 valence electrons. The Morgan fingerprint density at radius 1 is 1.12 bits per heavy atom. The lowest BCUT2D eigenvalue weighted by molar-refractivity contribution is -0.140. The molecule has 0 saturated carbocycles. The molecule has 0 bridgehead atoms. The largest absolute Gasteiger partial charge is 0.481 e. The van der Waals surface area contributed by atoms with Crippen molar-refractivity contribution in [3.8, 4) is 0 Å². The van der Waals surface area contributed by atoms with Crippen LogP contribution in [0.1, 0.15) is 66.8 Å². The van der Waals surface area contributed by atoms with Crippen LogP contribution in [-0.2, 0) is 15.0 Å². The van der Waals surface area contributed by atoms with Crippen LogP contribution in [0.25, 0.3) is 11.0 Å². The summed E-state index contributed by atoms with van der Waals surface area (Å²) in [6.07, 6.45) is 2.59. The summed E-state index contributed by atoms with van der Waals surface area (Å²) in [7, 11) is 0. The molecule has 10 heteroatoms. The molecule has 1 aromatic carbocycles. The maximum atomic E-state index is 12.7. The van der Waals surface area contributed by atoms with Gasteiger partial charge in [0.1, 0.15) is 17.5 Å². The first-order chi connectivity index (χ1) is 16.1. The molecular formula is C24H28N4O6. The smallest absolute Gasteiger partial charge is 0.326 e. The van der Waals surface area contributed by atoms with Crippen molar-refractivity contribution in [3.05, 3.63) is 63.3 Å². The van der Waals surface area contributed by atoms with Gasteiger partial charge in [-0.1, -0.05) is 26.0 Å². The number of carbonyl (C=O) groups is 3. The first-order valence-corrected chi connectivity index (χ1v) is 11.1. The lowest BCUT2D eigenvalue weighted by atomic mass is 9.70. The van der Waals surface area contributed by atoms with E-state index < -0.39 is 29.3 Å². The molecule has 0 aliphatic rings. The second-order valence-electron chi connectivity index (χ2n) is 8.24. The molecule has 2 heterocycles. The molecule has 2 aromatic heterocycles. The predicted octanol–water partition coefficient (Wildman–Crippen LogP) is 2.71. The molecule has 0 unspecified atom stereocenters. The van der Waals surface area contributed by atoms with Gasteiger partial charge in [-0.15, -0.1) is 0 Å². The third-order valence-corrected chi connectivity index (χ3v) is 6.33. The van der Waals surface area contributed by atoms with Crippen molar-refractivity contribution < 1.29 is 24.6 Å². The van der Waals surface area contributed by atoms with Crippen molar-refractivity contribution in [2.24, 2.45) is 0 Å². The van der Waals surface area contributed by atoms with Gasteiger partial charge in [0.25, 0.3) is 11.5 Å². The fraction of sp³-hybridized carbons (Fsp3) is 0.375. The number of aliphatic carboxylic acids is 2. The number of carboxylic acids is 2. The highest BCUT2D eigenvalue weighted by Crippen LogP contribution is 2.41. The standard InChI is InChI=1S/C24H28N4O6/c1-4-24(5-2,16-12-25-20-19(16)22(32)27-13(3)26-20)15-8-6-14(7-9-15)21(31)28-17(23(33)34)10-11-18(29)30/h6-9,12,17H,4-5,10-11H2,1-3H3,(H,28,31)(H,29,30)(H,33,34)(H2,25,26,27,32)/t17-/m0/s1. The molecule has 3 rings (SSSR count). The molecule has 0 fully saturated rings. The minimum Gasteiger partial charge on any atom is -0.481 e. The van der Waals surface area contributed by atoms with E-state index in [4.69, 9.17) is 5.11 Å². The fourth-order valence-corrected chi connectivity index (χ4v) is 4.43. The molecule has 0 radical (unpaired) electrons. The quantitative estimate of drug-likeness (QED) is 0.305. The minimum absolute atomic E-state index is 0.216. The summed E-state index contributed by atoms with van der Waals surface area (Å²) in [5.74, 6) is -2.52. The number of rotatable bonds is 10. The van der Waals surface area contributed by atoms with Crippen LogP contribution in [-0.4, -0.2) is 49.1 Å². The second kappa shape index (κ2) is 9.90. The highest BCUT2D eigenvalue weighted by Gasteiger charge is 2.34. The Bertz CT molecular complexity index is 1270. The van der Waals surface area contributed by atoms with Gasteiger partial charge in [-0.05, 0) is 49.4 Å². The number of aryl methyl sites for hydroxylation is 1. The van der Waals surface area contributed by atoms with E-state index in [0.29, 0.717) is 29.7 Å². The summed E-state index contributed by atoms with van der Waals surface area (Å²) in [4.78, 5) is 57.7. The van der Waals surface area contributed by atoms with Gasteiger partial charge < -0.3 is 25.5 Å². The van der Waals surface area contributed by atoms with Crippen molar-refractivity contribution in [1.29, 1.82) is 0 Å². The average Bonchev–Trinajstić information content (AvgIpc) is 3.22. The van der Waals surface area contributed by atoms with Crippen molar-refractivity contribution in [1.82, 2.24) is 20.3 Å². The Morgan fingerprint density at radius 2 is 1.76 bits per heavy atom. The van der Waals surface area contributed by atoms with Crippen LogP contribution >= 0.6 is 0 Å². The van der Waals surface area contributed by atoms with Gasteiger partial charge in [0.15, 0.2) is 0 Å². The van der Waals surface area contributed by atoms with Crippen molar-refractivity contribution >= 4 is 28.9 Å². The SMILES string of the molecule is CCC(CC)(c1ccc(C(=O)N[C@@H](CCC(=O)O)C(=O)O)cc1)c1c[nH]c2nc(C)[nH]c(=O)c12. The zero-order valence-electron chi connectivity index (χ0n) is 19.3. The number of carboxylic acid groups (broad SMARTS) is 2. The summed E-state index contributed by atoms with van der Waals surface area (Å²) in [5, 5.41) is 21.0. The maximum Gasteiger partial charge on any atom is 0.326 e. The molecular weight excluding hydrogens is 440 g/mol. The maximum absolute atomic E-state index is 12.7. The number of nitrogens with zero attached hydrogens (tertiary/aromatic N) is 1. The van der Waals surface area contributed by atoms with Crippen LogP contribution < -0.4 is 10.9 Å². The van der Waals surface area contributed by atoms with Gasteiger partial charge >= 0.3 is 11.9 Å². The van der Waals surface area contributed by atoms with Crippen molar-refractivity contribution in [2.45, 2.75) is 57.9 Å². The van der Waals surface area contributed by atoms with Gasteiger partial charge in [-0.2, -0.15) is 0 Å². The summed E-state index contributed by atoms with van der Waals surface area (Å²) < 4.78 is 0. The monoisotopic (exact) mass is 468 g/mol. The van der Waals surface area contributed by atoms with Crippen LogP contribution in [0.4, 0.5) is 0 Å². The Hall–Kier alpha value is -3.95. The number of hydrogen-bond donors (Lipinski definition) is 5. The lowest BCUT2D eigenvalue weighted by Crippen LogP contribution is -2.41. The fourth-order valence-electron chi connectivity index (χ4n) is 4.43. The van der Waals surface area contributed by atoms with E-state index in [0.717, 1.165) is 11.1 Å². The third-order valence-electron chi connectivity index (χ3n) is 6.33. The molecule has 0 saturated heterocycles. The number of nitrogens with one attached hydrogen (secondary N) is 3. The topological polar surface area (TPSA) is 165 Å². The number of aromatic nitrogens is 3. The molecule has 34 heavy (non-hydrogen) atoms. The normalized spacial score (nSPS) is 12.4. The first-order valence-electron chi connectivity index (χ1n) is 11.1. The van der Waals surface area contributed by atoms with Crippen molar-refractivity contribution in [3.63, 3.8) is 0 Å². The molecule has 1 atom stereocenters. The summed E-state index contributed by atoms with van der Waals surface area (Å²) >= 11 is 0. The van der Waals surface area contributed by atoms with Crippen LogP contribution in [0.2, 0.25) is 0 Å². The number of carbonyl (C=O) groups excluding carboxylic acids is 1. The minimum atomic E-state index is -1.30. The van der Waals surface area contributed by atoms with E-state index in [9.17, 15) is 24.3 Å². The second-order valence-corrected chi connectivity index (χ2v) is 8.24. The molecule has 0 spiro atoms. The average molecular weight is 469 g/mol. The van der Waals surface area contributed by atoms with Crippen LogP contribution in [0.3, 0.4) is 0 Å². The van der Waals surface area contributed by atoms with Gasteiger partial charge in [-0.25, -0.2) is 9.78 Å². The highest BCUT2D eigenvalue weighted by molar-refractivity contribution is 5.96. The Kier molecular flexibility index (Phi) is 7.19. The molecule has 1 amide bonds. The number of fused-ring (bicyclic) bond motifs is 1. The van der Waals surface area contributed by atoms with Crippen LogP contribution in [0.15, 0.2) is 35.3 Å². The first kappa shape index (κ1) is 24.7.